The van der Waals surface area contributed by atoms with Gasteiger partial charge in [0.15, 0.2) is 11.5 Å². The number of halogens is 1. The van der Waals surface area contributed by atoms with Crippen molar-refractivity contribution in [1.82, 2.24) is 0 Å². The first kappa shape index (κ1) is 25.8. The average molecular weight is 486 g/mol. The summed E-state index contributed by atoms with van der Waals surface area (Å²) >= 11 is 6.10. The van der Waals surface area contributed by atoms with Gasteiger partial charge in [-0.05, 0) is 54.3 Å². The van der Waals surface area contributed by atoms with Crippen LogP contribution in [0.2, 0.25) is 5.02 Å². The molecule has 0 aromatic heterocycles. The van der Waals surface area contributed by atoms with Crippen LogP contribution in [0.25, 0.3) is 5.57 Å². The third-order valence-corrected chi connectivity index (χ3v) is 6.76. The highest BCUT2D eigenvalue weighted by Crippen LogP contribution is 2.51. The molecule has 1 aliphatic carbocycles. The summed E-state index contributed by atoms with van der Waals surface area (Å²) in [4.78, 5) is 24.8. The number of hydrogen-bond acceptors (Lipinski definition) is 5. The van der Waals surface area contributed by atoms with Crippen LogP contribution in [-0.4, -0.2) is 31.0 Å². The van der Waals surface area contributed by atoms with E-state index in [4.69, 9.17) is 21.1 Å². The number of carbonyl (C=O) groups is 1. The van der Waals surface area contributed by atoms with Crippen LogP contribution in [0.5, 0.6) is 11.5 Å². The molecule has 0 amide bonds. The molecule has 0 saturated carbocycles. The summed E-state index contributed by atoms with van der Waals surface area (Å²) in [6.45, 7) is 4.48. The van der Waals surface area contributed by atoms with E-state index in [-0.39, 0.29) is 10.8 Å². The van der Waals surface area contributed by atoms with Crippen LogP contribution < -0.4 is 9.47 Å². The normalized spacial score (nSPS) is 19.8. The monoisotopic (exact) mass is 485 g/mol. The first-order chi connectivity index (χ1) is 16.5. The molecule has 1 aliphatic rings. The summed E-state index contributed by atoms with van der Waals surface area (Å²) < 4.78 is 11.1. The molecule has 3 rings (SSSR count). The lowest BCUT2D eigenvalue weighted by Gasteiger charge is -2.21. The number of rotatable bonds is 12. The number of unbranched alkanes of at least 4 members (excludes halogenated alkanes) is 3. The molecule has 6 nitrogen and oxygen atoms in total. The van der Waals surface area contributed by atoms with Crippen molar-refractivity contribution in [3.05, 3.63) is 74.3 Å². The molecule has 0 radical (unpaired) electrons. The number of hydrogen-bond donors (Lipinski definition) is 0. The first-order valence-corrected chi connectivity index (χ1v) is 12.2. The first-order valence-electron chi connectivity index (χ1n) is 11.9. The fourth-order valence-corrected chi connectivity index (χ4v) is 5.15. The number of benzene rings is 2. The van der Waals surface area contributed by atoms with Gasteiger partial charge in [0.25, 0.3) is 0 Å². The number of nitro groups is 1. The van der Waals surface area contributed by atoms with Gasteiger partial charge in [0.05, 0.1) is 25.6 Å². The molecule has 0 unspecified atom stereocenters. The van der Waals surface area contributed by atoms with Gasteiger partial charge < -0.3 is 9.47 Å². The number of nitrogens with zero attached hydrogens (tertiary/aromatic N) is 1. The predicted molar refractivity (Wildman–Crippen MR) is 134 cm³/mol. The molecule has 182 valence electrons. The summed E-state index contributed by atoms with van der Waals surface area (Å²) in [6, 6.07) is 11.6. The Morgan fingerprint density at radius 3 is 2.38 bits per heavy atom. The molecule has 0 aliphatic heterocycles. The molecule has 7 heteroatoms. The third kappa shape index (κ3) is 5.44. The van der Waals surface area contributed by atoms with Crippen molar-refractivity contribution in [2.24, 2.45) is 5.92 Å². The van der Waals surface area contributed by atoms with Gasteiger partial charge in [-0.1, -0.05) is 62.4 Å². The van der Waals surface area contributed by atoms with Gasteiger partial charge in [-0.25, -0.2) is 0 Å². The summed E-state index contributed by atoms with van der Waals surface area (Å²) in [5.74, 6) is -0.00377. The zero-order valence-electron chi connectivity index (χ0n) is 20.0. The smallest absolute Gasteiger partial charge is 0.230 e. The van der Waals surface area contributed by atoms with Gasteiger partial charge in [0, 0.05) is 15.5 Å². The predicted octanol–water partition coefficient (Wildman–Crippen LogP) is 6.73. The molecule has 3 atom stereocenters. The highest BCUT2D eigenvalue weighted by Gasteiger charge is 2.50. The average Bonchev–Trinajstić information content (AvgIpc) is 3.17. The maximum absolute atomic E-state index is 12.5. The largest absolute Gasteiger partial charge is 0.493 e. The second kappa shape index (κ2) is 12.0. The maximum atomic E-state index is 12.5. The second-order valence-electron chi connectivity index (χ2n) is 8.55. The van der Waals surface area contributed by atoms with Crippen molar-refractivity contribution >= 4 is 23.5 Å². The fourth-order valence-electron chi connectivity index (χ4n) is 5.02. The number of ether oxygens (including phenoxy) is 2. The Balaban J connectivity index is 2.15. The van der Waals surface area contributed by atoms with Crippen LogP contribution in [0.3, 0.4) is 0 Å². The number of methoxy groups -OCH3 is 1. The summed E-state index contributed by atoms with van der Waals surface area (Å²) in [7, 11) is 1.54. The van der Waals surface area contributed by atoms with Crippen LogP contribution >= 0.6 is 11.6 Å². The Hall–Kier alpha value is -2.86. The lowest BCUT2D eigenvalue weighted by molar-refractivity contribution is -0.530. The number of carbonyl (C=O) groups excluding carboxylic acids is 1. The molecule has 2 aromatic carbocycles. The van der Waals surface area contributed by atoms with Crippen molar-refractivity contribution in [2.45, 2.75) is 57.9 Å². The minimum absolute atomic E-state index is 0.218. The van der Waals surface area contributed by atoms with Crippen molar-refractivity contribution < 1.29 is 19.2 Å². The SMILES string of the molecule is CCCCCC[C@H]1C(c2ccc(Cl)cc2)=C(C=O)[C@@H](c2ccc(OCC)c(OC)c2)[C@@H]1[N+](=O)[O-]. The quantitative estimate of drug-likeness (QED) is 0.144. The van der Waals surface area contributed by atoms with E-state index in [1.807, 2.05) is 19.1 Å². The molecule has 34 heavy (non-hydrogen) atoms. The van der Waals surface area contributed by atoms with Crippen LogP contribution in [0, 0.1) is 16.0 Å². The topological polar surface area (TPSA) is 78.7 Å². The van der Waals surface area contributed by atoms with E-state index < -0.39 is 12.0 Å². The molecule has 0 spiro atoms. The Labute approximate surface area is 206 Å². The second-order valence-corrected chi connectivity index (χ2v) is 8.98. The zero-order chi connectivity index (χ0) is 24.7. The van der Waals surface area contributed by atoms with Crippen LogP contribution in [0.1, 0.15) is 63.0 Å². The third-order valence-electron chi connectivity index (χ3n) is 6.51. The summed E-state index contributed by atoms with van der Waals surface area (Å²) in [5, 5.41) is 13.1. The van der Waals surface area contributed by atoms with Gasteiger partial charge in [0.1, 0.15) is 6.29 Å². The van der Waals surface area contributed by atoms with Crippen LogP contribution in [0.4, 0.5) is 0 Å². The number of aldehydes is 1. The van der Waals surface area contributed by atoms with E-state index in [2.05, 4.69) is 6.92 Å². The van der Waals surface area contributed by atoms with E-state index in [1.54, 1.807) is 30.3 Å². The summed E-state index contributed by atoms with van der Waals surface area (Å²) in [5.41, 5.74) is 2.68. The van der Waals surface area contributed by atoms with Gasteiger partial charge in [-0.15, -0.1) is 0 Å². The van der Waals surface area contributed by atoms with E-state index in [1.165, 1.54) is 7.11 Å². The van der Waals surface area contributed by atoms with Crippen molar-refractivity contribution in [3.8, 4) is 11.5 Å². The van der Waals surface area contributed by atoms with E-state index in [0.29, 0.717) is 40.7 Å². The van der Waals surface area contributed by atoms with Gasteiger partial charge in [0.2, 0.25) is 6.04 Å². The maximum Gasteiger partial charge on any atom is 0.230 e. The lowest BCUT2D eigenvalue weighted by Crippen LogP contribution is -2.31. The van der Waals surface area contributed by atoms with Crippen molar-refractivity contribution in [2.75, 3.05) is 13.7 Å². The van der Waals surface area contributed by atoms with Crippen molar-refractivity contribution in [3.63, 3.8) is 0 Å². The van der Waals surface area contributed by atoms with E-state index in [9.17, 15) is 14.9 Å². The van der Waals surface area contributed by atoms with Gasteiger partial charge >= 0.3 is 0 Å². The Bertz CT molecular complexity index is 1030. The zero-order valence-corrected chi connectivity index (χ0v) is 20.7. The van der Waals surface area contributed by atoms with Gasteiger partial charge in [-0.2, -0.15) is 0 Å². The summed E-state index contributed by atoms with van der Waals surface area (Å²) in [6.07, 6.45) is 5.47. The molecule has 0 bridgehead atoms. The minimum atomic E-state index is -0.949. The molecule has 0 fully saturated rings. The standard InChI is InChI=1S/C27H32ClNO5/c1-4-6-7-8-9-21-25(18-10-13-20(28)14-11-18)22(17-30)26(27(21)29(31)32)19-12-15-23(34-5-2)24(16-19)33-3/h10-17,21,26-27H,4-9H2,1-3H3/t21-,26+,27+/m0/s1. The van der Waals surface area contributed by atoms with Crippen LogP contribution in [0.15, 0.2) is 48.0 Å². The Morgan fingerprint density at radius 2 is 1.79 bits per heavy atom. The minimum Gasteiger partial charge on any atom is -0.493 e. The Kier molecular flexibility index (Phi) is 9.11. The highest BCUT2D eigenvalue weighted by atomic mass is 35.5. The lowest BCUT2D eigenvalue weighted by atomic mass is 9.84. The highest BCUT2D eigenvalue weighted by molar-refractivity contribution is 6.30. The van der Waals surface area contributed by atoms with Gasteiger partial charge in [-0.3, -0.25) is 14.9 Å². The van der Waals surface area contributed by atoms with E-state index >= 15 is 0 Å². The molecular weight excluding hydrogens is 454 g/mol. The molecular formula is C27H32ClNO5. The van der Waals surface area contributed by atoms with Crippen LogP contribution in [-0.2, 0) is 4.79 Å². The Morgan fingerprint density at radius 1 is 1.06 bits per heavy atom. The van der Waals surface area contributed by atoms with Crippen molar-refractivity contribution in [1.29, 1.82) is 0 Å². The molecule has 0 N–H and O–H groups in total. The fraction of sp³-hybridized carbons (Fsp3) is 0.444. The molecule has 0 heterocycles. The van der Waals surface area contributed by atoms with E-state index in [0.717, 1.165) is 43.1 Å². The molecule has 0 saturated heterocycles. The molecule has 2 aromatic rings.